The minimum absolute atomic E-state index is 0.0141. The van der Waals surface area contributed by atoms with Crippen molar-refractivity contribution in [2.24, 2.45) is 0 Å². The molecule has 0 bridgehead atoms. The van der Waals surface area contributed by atoms with E-state index in [1.807, 2.05) is 31.2 Å². The summed E-state index contributed by atoms with van der Waals surface area (Å²) < 4.78 is 0. The zero-order valence-electron chi connectivity index (χ0n) is 8.10. The van der Waals surface area contributed by atoms with E-state index >= 15 is 0 Å². The van der Waals surface area contributed by atoms with Gasteiger partial charge in [0.1, 0.15) is 0 Å². The first-order valence-corrected chi connectivity index (χ1v) is 4.55. The van der Waals surface area contributed by atoms with Gasteiger partial charge >= 0.3 is 5.97 Å². The van der Waals surface area contributed by atoms with Gasteiger partial charge in [-0.1, -0.05) is 31.2 Å². The second-order valence-corrected chi connectivity index (χ2v) is 3.40. The fourth-order valence-electron chi connectivity index (χ4n) is 1.33. The zero-order chi connectivity index (χ0) is 10.6. The van der Waals surface area contributed by atoms with E-state index in [0.717, 1.165) is 11.1 Å². The number of benzene rings is 1. The topological polar surface area (TPSA) is 57.5 Å². The van der Waals surface area contributed by atoms with E-state index in [4.69, 9.17) is 10.2 Å². The van der Waals surface area contributed by atoms with Crippen molar-refractivity contribution in [3.05, 3.63) is 35.4 Å². The van der Waals surface area contributed by atoms with Crippen molar-refractivity contribution in [1.82, 2.24) is 0 Å². The highest BCUT2D eigenvalue weighted by Gasteiger charge is 2.09. The molecule has 1 aromatic carbocycles. The highest BCUT2D eigenvalue weighted by molar-refractivity contribution is 5.67. The molecule has 1 rings (SSSR count). The number of hydrogen-bond acceptors (Lipinski definition) is 2. The lowest BCUT2D eigenvalue weighted by Gasteiger charge is -2.09. The number of carbonyl (C=O) groups is 1. The maximum absolute atomic E-state index is 10.5. The standard InChI is InChI=1S/C11H14O3/c1-8(6-11(13)14)10-4-2-9(7-12)3-5-10/h2-5,8,12H,6-7H2,1H3,(H,13,14). The number of aliphatic hydroxyl groups is 1. The molecule has 0 radical (unpaired) electrons. The van der Waals surface area contributed by atoms with E-state index in [1.54, 1.807) is 0 Å². The van der Waals surface area contributed by atoms with Crippen LogP contribution in [0.5, 0.6) is 0 Å². The third-order valence-electron chi connectivity index (χ3n) is 2.21. The summed E-state index contributed by atoms with van der Waals surface area (Å²) in [6, 6.07) is 7.35. The number of rotatable bonds is 4. The monoisotopic (exact) mass is 194 g/mol. The molecule has 0 spiro atoms. The van der Waals surface area contributed by atoms with Crippen LogP contribution in [-0.2, 0) is 11.4 Å². The van der Waals surface area contributed by atoms with Gasteiger partial charge in [-0.25, -0.2) is 0 Å². The predicted octanol–water partition coefficient (Wildman–Crippen LogP) is 1.76. The van der Waals surface area contributed by atoms with Crippen molar-refractivity contribution in [3.8, 4) is 0 Å². The molecule has 0 aliphatic heterocycles. The first kappa shape index (κ1) is 10.7. The van der Waals surface area contributed by atoms with Gasteiger partial charge in [-0.2, -0.15) is 0 Å². The zero-order valence-corrected chi connectivity index (χ0v) is 8.10. The number of carboxylic acid groups (broad SMARTS) is 1. The van der Waals surface area contributed by atoms with Crippen molar-refractivity contribution in [2.45, 2.75) is 25.9 Å². The van der Waals surface area contributed by atoms with Crippen molar-refractivity contribution < 1.29 is 15.0 Å². The van der Waals surface area contributed by atoms with Gasteiger partial charge in [-0.05, 0) is 17.0 Å². The fourth-order valence-corrected chi connectivity index (χ4v) is 1.33. The third-order valence-corrected chi connectivity index (χ3v) is 2.21. The largest absolute Gasteiger partial charge is 0.481 e. The second kappa shape index (κ2) is 4.77. The Morgan fingerprint density at radius 1 is 1.36 bits per heavy atom. The molecule has 76 valence electrons. The Bertz CT molecular complexity index is 303. The molecule has 2 N–H and O–H groups in total. The van der Waals surface area contributed by atoms with Crippen LogP contribution in [0.1, 0.15) is 30.4 Å². The molecule has 0 aromatic heterocycles. The van der Waals surface area contributed by atoms with Crippen LogP contribution in [0.25, 0.3) is 0 Å². The van der Waals surface area contributed by atoms with E-state index in [0.29, 0.717) is 0 Å². The lowest BCUT2D eigenvalue weighted by atomic mass is 9.97. The van der Waals surface area contributed by atoms with Crippen LogP contribution in [-0.4, -0.2) is 16.2 Å². The minimum Gasteiger partial charge on any atom is -0.481 e. The molecule has 14 heavy (non-hydrogen) atoms. The Balaban J connectivity index is 2.71. The molecule has 1 unspecified atom stereocenters. The molecular weight excluding hydrogens is 180 g/mol. The molecule has 1 atom stereocenters. The average Bonchev–Trinajstić information content (AvgIpc) is 2.17. The van der Waals surface area contributed by atoms with Crippen LogP contribution < -0.4 is 0 Å². The van der Waals surface area contributed by atoms with E-state index in [1.165, 1.54) is 0 Å². The van der Waals surface area contributed by atoms with Crippen molar-refractivity contribution in [2.75, 3.05) is 0 Å². The molecule has 1 aromatic rings. The van der Waals surface area contributed by atoms with Gasteiger partial charge in [0.05, 0.1) is 13.0 Å². The molecular formula is C11H14O3. The number of hydrogen-bond donors (Lipinski definition) is 2. The molecule has 3 heteroatoms. The molecule has 0 saturated carbocycles. The average molecular weight is 194 g/mol. The molecule has 0 aliphatic rings. The summed E-state index contributed by atoms with van der Waals surface area (Å²) in [7, 11) is 0. The molecule has 0 aliphatic carbocycles. The Hall–Kier alpha value is -1.35. The summed E-state index contributed by atoms with van der Waals surface area (Å²) in [5.41, 5.74) is 1.83. The summed E-state index contributed by atoms with van der Waals surface area (Å²) in [4.78, 5) is 10.5. The van der Waals surface area contributed by atoms with Gasteiger partial charge in [-0.3, -0.25) is 4.79 Å². The fraction of sp³-hybridized carbons (Fsp3) is 0.364. The van der Waals surface area contributed by atoms with Crippen LogP contribution >= 0.6 is 0 Å². The highest BCUT2D eigenvalue weighted by Crippen LogP contribution is 2.19. The van der Waals surface area contributed by atoms with E-state index in [9.17, 15) is 4.79 Å². The van der Waals surface area contributed by atoms with Crippen LogP contribution in [0.4, 0.5) is 0 Å². The molecule has 0 amide bonds. The van der Waals surface area contributed by atoms with Gasteiger partial charge in [0.15, 0.2) is 0 Å². The Morgan fingerprint density at radius 3 is 2.36 bits per heavy atom. The maximum atomic E-state index is 10.5. The molecule has 0 heterocycles. The summed E-state index contributed by atoms with van der Waals surface area (Å²) in [5.74, 6) is -0.774. The molecule has 3 nitrogen and oxygen atoms in total. The van der Waals surface area contributed by atoms with Gasteiger partial charge in [0, 0.05) is 0 Å². The third kappa shape index (κ3) is 2.85. The van der Waals surface area contributed by atoms with E-state index in [2.05, 4.69) is 0 Å². The van der Waals surface area contributed by atoms with Gasteiger partial charge < -0.3 is 10.2 Å². The van der Waals surface area contributed by atoms with E-state index in [-0.39, 0.29) is 18.9 Å². The number of aliphatic hydroxyl groups excluding tert-OH is 1. The summed E-state index contributed by atoms with van der Waals surface area (Å²) in [5, 5.41) is 17.4. The van der Waals surface area contributed by atoms with Crippen molar-refractivity contribution in [3.63, 3.8) is 0 Å². The van der Waals surface area contributed by atoms with Crippen molar-refractivity contribution in [1.29, 1.82) is 0 Å². The molecule has 0 saturated heterocycles. The quantitative estimate of drug-likeness (QED) is 0.767. The smallest absolute Gasteiger partial charge is 0.303 e. The first-order valence-electron chi connectivity index (χ1n) is 4.55. The summed E-state index contributed by atoms with van der Waals surface area (Å²) in [6.45, 7) is 1.90. The van der Waals surface area contributed by atoms with Crippen LogP contribution in [0.2, 0.25) is 0 Å². The van der Waals surface area contributed by atoms with Crippen LogP contribution in [0.3, 0.4) is 0 Å². The SMILES string of the molecule is CC(CC(=O)O)c1ccc(CO)cc1. The lowest BCUT2D eigenvalue weighted by molar-refractivity contribution is -0.137. The van der Waals surface area contributed by atoms with Gasteiger partial charge in [0.2, 0.25) is 0 Å². The summed E-state index contributed by atoms with van der Waals surface area (Å²) in [6.07, 6.45) is 0.137. The Labute approximate surface area is 83.0 Å². The maximum Gasteiger partial charge on any atom is 0.303 e. The van der Waals surface area contributed by atoms with E-state index < -0.39 is 5.97 Å². The van der Waals surface area contributed by atoms with Gasteiger partial charge in [0.25, 0.3) is 0 Å². The normalized spacial score (nSPS) is 12.4. The lowest BCUT2D eigenvalue weighted by Crippen LogP contribution is -2.02. The predicted molar refractivity (Wildman–Crippen MR) is 53.0 cm³/mol. The molecule has 0 fully saturated rings. The minimum atomic E-state index is -0.788. The van der Waals surface area contributed by atoms with Gasteiger partial charge in [-0.15, -0.1) is 0 Å². The van der Waals surface area contributed by atoms with Crippen molar-refractivity contribution >= 4 is 5.97 Å². The Kier molecular flexibility index (Phi) is 3.65. The van der Waals surface area contributed by atoms with Crippen LogP contribution in [0.15, 0.2) is 24.3 Å². The highest BCUT2D eigenvalue weighted by atomic mass is 16.4. The summed E-state index contributed by atoms with van der Waals surface area (Å²) >= 11 is 0. The number of carboxylic acids is 1. The van der Waals surface area contributed by atoms with Crippen LogP contribution in [0, 0.1) is 0 Å². The number of aliphatic carboxylic acids is 1. The Morgan fingerprint density at radius 2 is 1.93 bits per heavy atom. The first-order chi connectivity index (χ1) is 6.63. The second-order valence-electron chi connectivity index (χ2n) is 3.40.